The zero-order chi connectivity index (χ0) is 50.4. The number of carbonyl (C=O) groups excluding carboxylic acids is 5. The maximum absolute atomic E-state index is 13.4. The second-order valence-corrected chi connectivity index (χ2v) is 19.6. The van der Waals surface area contributed by atoms with Gasteiger partial charge < -0.3 is 24.3 Å². The predicted octanol–water partition coefficient (Wildman–Crippen LogP) is 6.06. The second-order valence-electron chi connectivity index (χ2n) is 19.4. The third-order valence-electron chi connectivity index (χ3n) is 11.1. The molecule has 0 spiro atoms. The van der Waals surface area contributed by atoms with Gasteiger partial charge in [-0.15, -0.1) is 10.2 Å². The van der Waals surface area contributed by atoms with Crippen LogP contribution in [0.4, 0.5) is 0 Å². The summed E-state index contributed by atoms with van der Waals surface area (Å²) in [5.41, 5.74) is 10.4. The molecule has 1 saturated heterocycles. The number of amides is 4. The number of benzene rings is 4. The van der Waals surface area contributed by atoms with Crippen molar-refractivity contribution in [2.24, 2.45) is 5.16 Å². The van der Waals surface area contributed by atoms with Crippen LogP contribution in [0.5, 0.6) is 0 Å². The molecule has 0 radical (unpaired) electrons. The number of aldehydes is 1. The average Bonchev–Trinajstić information content (AvgIpc) is 3.45. The van der Waals surface area contributed by atoms with E-state index in [9.17, 15) is 29.0 Å². The lowest BCUT2D eigenvalue weighted by molar-refractivity contribution is 0.00578. The fourth-order valence-electron chi connectivity index (χ4n) is 7.09. The van der Waals surface area contributed by atoms with Crippen molar-refractivity contribution >= 4 is 73.1 Å². The van der Waals surface area contributed by atoms with Gasteiger partial charge in [-0.1, -0.05) is 46.5 Å². The van der Waals surface area contributed by atoms with Gasteiger partial charge in [0, 0.05) is 45.1 Å². The summed E-state index contributed by atoms with van der Waals surface area (Å²) in [6.07, 6.45) is 2.11. The van der Waals surface area contributed by atoms with Gasteiger partial charge in [-0.3, -0.25) is 34.8 Å². The van der Waals surface area contributed by atoms with E-state index in [1.807, 2.05) is 109 Å². The lowest BCUT2D eigenvalue weighted by Gasteiger charge is -2.35. The van der Waals surface area contributed by atoms with Crippen LogP contribution in [0, 0.1) is 27.7 Å². The van der Waals surface area contributed by atoms with Crippen molar-refractivity contribution in [1.82, 2.24) is 25.9 Å². The third-order valence-corrected chi connectivity index (χ3v) is 11.1. The molecule has 0 atom stereocenters. The fourth-order valence-corrected chi connectivity index (χ4v) is 7.09. The maximum Gasteiger partial charge on any atom is 0.583 e. The normalized spacial score (nSPS) is 14.5. The zero-order valence-electron chi connectivity index (χ0n) is 40.6. The minimum atomic E-state index is -1.16. The Morgan fingerprint density at radius 1 is 0.657 bits per heavy atom. The summed E-state index contributed by atoms with van der Waals surface area (Å²) in [5.74, 6) is -1.54. The van der Waals surface area contributed by atoms with Crippen molar-refractivity contribution < 1.29 is 48.3 Å². The van der Waals surface area contributed by atoms with E-state index >= 15 is 0 Å². The van der Waals surface area contributed by atoms with E-state index in [1.54, 1.807) is 54.6 Å². The van der Waals surface area contributed by atoms with E-state index in [4.69, 9.17) is 19.3 Å². The molecule has 0 saturated carbocycles. The van der Waals surface area contributed by atoms with Gasteiger partial charge in [0.05, 0.1) is 28.5 Å². The van der Waals surface area contributed by atoms with Gasteiger partial charge in [0.1, 0.15) is 6.29 Å². The monoisotopic (exact) mass is 938 g/mol. The molecule has 0 aliphatic carbocycles. The Morgan fingerprint density at radius 2 is 1.04 bits per heavy atom. The van der Waals surface area contributed by atoms with Crippen molar-refractivity contribution in [1.29, 1.82) is 0 Å². The second kappa shape index (κ2) is 21.4. The highest BCUT2D eigenvalue weighted by Gasteiger charge is 2.52. The van der Waals surface area contributed by atoms with Crippen LogP contribution in [0.25, 0.3) is 0 Å². The minimum Gasteiger partial charge on any atom is -0.427 e. The molecule has 356 valence electrons. The van der Waals surface area contributed by atoms with Crippen LogP contribution in [-0.4, -0.2) is 92.9 Å². The Kier molecular flexibility index (Phi) is 17.2. The zero-order valence-corrected chi connectivity index (χ0v) is 41.4. The predicted molar refractivity (Wildman–Crippen MR) is 260 cm³/mol. The lowest BCUT2D eigenvalue weighted by atomic mass is 9.75. The Hall–Kier alpha value is -5.88. The molecule has 5 N–H and O–H groups in total. The number of nitrogens with one attached hydrogen (secondary N) is 3. The number of fused-ring (bicyclic) bond motifs is 1. The van der Waals surface area contributed by atoms with Gasteiger partial charge in [0.2, 0.25) is 0 Å². The molecule has 1 fully saturated rings. The number of hydrogen-bond acceptors (Lipinski definition) is 12. The molecular formula is C48H61B2ClN6O10. The van der Waals surface area contributed by atoms with Crippen molar-refractivity contribution in [2.75, 3.05) is 0 Å². The van der Waals surface area contributed by atoms with E-state index < -0.39 is 48.3 Å². The molecule has 0 bridgehead atoms. The SMILES string of the molecule is Cc1cc(C)cc(C(=O)N(NC(=O)c2ccc(B3OC(C)(C)C(C)(C)O3)c(C=O)c2)C(C)(C)C)c1.Cc1cc(C)cc(C(=O)N(NC(=O)c2ccc3c(c2)C=NOB3O)C(C)(C)C)c1.ONCl. The van der Waals surface area contributed by atoms with Crippen LogP contribution in [0.2, 0.25) is 0 Å². The summed E-state index contributed by atoms with van der Waals surface area (Å²) >= 11 is 4.30. The number of halogens is 1. The standard InChI is InChI=1S/C27H35BN2O5.C21H24BN3O4.ClH2NO/c1-17-12-18(2)14-20(13-17)24(33)30(25(3,4)5)29-23(32)19-10-11-22(21(15-19)16-31)28-34-26(6,7)27(8,9)35-28;1-13-8-14(2)10-16(9-13)20(27)25(21(3,4)5)24-19(26)15-6-7-18-17(11-15)12-23-29-22(18)28;1-2-3/h10-16H,1-9H3,(H,29,32);6-12,28H,1-5H3,(H,24,26);2-3H. The molecule has 19 heteroatoms. The van der Waals surface area contributed by atoms with Crippen LogP contribution >= 0.6 is 11.8 Å². The van der Waals surface area contributed by atoms with Crippen LogP contribution in [0.1, 0.15) is 149 Å². The van der Waals surface area contributed by atoms with Crippen molar-refractivity contribution in [3.8, 4) is 0 Å². The topological polar surface area (TPSA) is 208 Å². The molecule has 6 rings (SSSR count). The Morgan fingerprint density at radius 3 is 1.43 bits per heavy atom. The average molecular weight is 939 g/mol. The molecule has 4 aromatic carbocycles. The van der Waals surface area contributed by atoms with Gasteiger partial charge in [-0.05, 0) is 156 Å². The molecule has 2 aliphatic heterocycles. The summed E-state index contributed by atoms with van der Waals surface area (Å²) in [5, 5.41) is 23.2. The molecule has 16 nitrogen and oxygen atoms in total. The largest absolute Gasteiger partial charge is 0.583 e. The summed E-state index contributed by atoms with van der Waals surface area (Å²) in [4.78, 5) is 65.8. The minimum absolute atomic E-state index is 0.245. The quantitative estimate of drug-likeness (QED) is 0.0650. The first-order valence-electron chi connectivity index (χ1n) is 21.5. The van der Waals surface area contributed by atoms with E-state index in [0.717, 1.165) is 22.3 Å². The van der Waals surface area contributed by atoms with Gasteiger partial charge in [-0.2, -0.15) is 0 Å². The van der Waals surface area contributed by atoms with E-state index in [2.05, 4.69) is 27.8 Å². The molecule has 67 heavy (non-hydrogen) atoms. The molecule has 0 aromatic heterocycles. The number of aryl methyl sites for hydroxylation is 4. The Bertz CT molecular complexity index is 2480. The van der Waals surface area contributed by atoms with E-state index in [-0.39, 0.29) is 17.4 Å². The van der Waals surface area contributed by atoms with E-state index in [0.29, 0.717) is 45.0 Å². The lowest BCUT2D eigenvalue weighted by Crippen LogP contribution is -2.56. The van der Waals surface area contributed by atoms with Gasteiger partial charge in [-0.25, -0.2) is 10.0 Å². The highest BCUT2D eigenvalue weighted by molar-refractivity contribution is 6.63. The Balaban J connectivity index is 0.000000280. The molecule has 2 aliphatic rings. The van der Waals surface area contributed by atoms with Crippen molar-refractivity contribution in [3.05, 3.63) is 128 Å². The van der Waals surface area contributed by atoms with E-state index in [1.165, 1.54) is 27.3 Å². The first kappa shape index (κ1) is 53.7. The summed E-state index contributed by atoms with van der Waals surface area (Å²) in [6.45, 7) is 26.5. The summed E-state index contributed by atoms with van der Waals surface area (Å²) < 4.78 is 16.9. The highest BCUT2D eigenvalue weighted by atomic mass is 35.5. The highest BCUT2D eigenvalue weighted by Crippen LogP contribution is 2.36. The summed E-state index contributed by atoms with van der Waals surface area (Å²) in [7, 11) is -1.89. The molecule has 4 aromatic rings. The van der Waals surface area contributed by atoms with Crippen LogP contribution in [-0.2, 0) is 14.1 Å². The van der Waals surface area contributed by atoms with Gasteiger partial charge >= 0.3 is 14.2 Å². The molecule has 2 heterocycles. The molecule has 0 unspecified atom stereocenters. The van der Waals surface area contributed by atoms with Crippen LogP contribution in [0.3, 0.4) is 0 Å². The first-order chi connectivity index (χ1) is 31.0. The van der Waals surface area contributed by atoms with Crippen LogP contribution in [0.15, 0.2) is 78.0 Å². The third kappa shape index (κ3) is 13.4. The molecule has 4 amide bonds. The van der Waals surface area contributed by atoms with Gasteiger partial charge in [0.25, 0.3) is 23.6 Å². The number of nitrogens with zero attached hydrogens (tertiary/aromatic N) is 3. The first-order valence-corrected chi connectivity index (χ1v) is 21.8. The smallest absolute Gasteiger partial charge is 0.427 e. The number of hydrazine groups is 2. The van der Waals surface area contributed by atoms with Gasteiger partial charge in [0.15, 0.2) is 0 Å². The fraction of sp³-hybridized carbons (Fsp3) is 0.375. The maximum atomic E-state index is 13.4. The molecular weight excluding hydrogens is 878 g/mol. The number of carbonyl (C=O) groups is 5. The number of rotatable bonds is 6. The van der Waals surface area contributed by atoms with Crippen molar-refractivity contribution in [2.45, 2.75) is 119 Å². The van der Waals surface area contributed by atoms with Crippen molar-refractivity contribution in [3.63, 3.8) is 0 Å². The Labute approximate surface area is 398 Å². The van der Waals surface area contributed by atoms with Crippen LogP contribution < -0.4 is 26.8 Å². The number of oxime groups is 1. The number of hydrogen-bond donors (Lipinski definition) is 5. The summed E-state index contributed by atoms with van der Waals surface area (Å²) in [6, 6.07) is 20.7.